The maximum Gasteiger partial charge on any atom is 0.220 e. The highest BCUT2D eigenvalue weighted by Crippen LogP contribution is 2.09. The number of nitrogens with zero attached hydrogens (tertiary/aromatic N) is 1. The van der Waals surface area contributed by atoms with Crippen LogP contribution < -0.4 is 5.32 Å². The number of carbonyl (C=O) groups is 1. The van der Waals surface area contributed by atoms with E-state index < -0.39 is 0 Å². The summed E-state index contributed by atoms with van der Waals surface area (Å²) in [6.45, 7) is 2.74. The monoisotopic (exact) mass is 244 g/mol. The zero-order valence-electron chi connectivity index (χ0n) is 10.9. The third kappa shape index (κ3) is 5.49. The third-order valence-corrected chi connectivity index (χ3v) is 2.92. The minimum atomic E-state index is 0.0928. The molecule has 0 radical (unpaired) electrons. The number of amides is 1. The Morgan fingerprint density at radius 3 is 2.83 bits per heavy atom. The first kappa shape index (κ1) is 14.2. The van der Waals surface area contributed by atoms with Crippen LogP contribution in [-0.4, -0.2) is 12.5 Å². The minimum Gasteiger partial charge on any atom is -0.356 e. The van der Waals surface area contributed by atoms with Crippen molar-refractivity contribution in [3.05, 3.63) is 35.4 Å². The Bertz CT molecular complexity index is 421. The van der Waals surface area contributed by atoms with E-state index in [0.29, 0.717) is 19.4 Å². The molecular weight excluding hydrogens is 224 g/mol. The van der Waals surface area contributed by atoms with Gasteiger partial charge in [-0.1, -0.05) is 24.3 Å². The highest BCUT2D eigenvalue weighted by Gasteiger charge is 2.03. The Morgan fingerprint density at radius 1 is 1.33 bits per heavy atom. The van der Waals surface area contributed by atoms with Crippen molar-refractivity contribution in [1.82, 2.24) is 5.32 Å². The molecule has 0 spiro atoms. The summed E-state index contributed by atoms with van der Waals surface area (Å²) in [7, 11) is 0. The topological polar surface area (TPSA) is 52.9 Å². The van der Waals surface area contributed by atoms with Gasteiger partial charge in [0.15, 0.2) is 0 Å². The fourth-order valence-electron chi connectivity index (χ4n) is 1.78. The van der Waals surface area contributed by atoms with Gasteiger partial charge in [-0.15, -0.1) is 0 Å². The number of nitriles is 1. The molecule has 18 heavy (non-hydrogen) atoms. The quantitative estimate of drug-likeness (QED) is 0.750. The lowest BCUT2D eigenvalue weighted by Crippen LogP contribution is -2.24. The normalized spacial score (nSPS) is 9.78. The Balaban J connectivity index is 2.18. The third-order valence-electron chi connectivity index (χ3n) is 2.92. The van der Waals surface area contributed by atoms with Crippen molar-refractivity contribution < 1.29 is 4.79 Å². The summed E-state index contributed by atoms with van der Waals surface area (Å²) in [5.41, 5.74) is 2.47. The lowest BCUT2D eigenvalue weighted by atomic mass is 10.0. The van der Waals surface area contributed by atoms with Gasteiger partial charge in [0.25, 0.3) is 0 Å². The van der Waals surface area contributed by atoms with Gasteiger partial charge in [-0.2, -0.15) is 5.26 Å². The molecule has 0 atom stereocenters. The molecular formula is C15H20N2O. The van der Waals surface area contributed by atoms with Crippen LogP contribution in [-0.2, 0) is 11.2 Å². The number of hydrogen-bond acceptors (Lipinski definition) is 2. The van der Waals surface area contributed by atoms with Gasteiger partial charge in [-0.05, 0) is 37.3 Å². The predicted molar refractivity (Wildman–Crippen MR) is 72.0 cm³/mol. The number of carbonyl (C=O) groups excluding carboxylic acids is 1. The molecule has 0 aliphatic heterocycles. The molecule has 0 saturated carbocycles. The van der Waals surface area contributed by atoms with E-state index >= 15 is 0 Å². The largest absolute Gasteiger partial charge is 0.356 e. The number of rotatable bonds is 7. The van der Waals surface area contributed by atoms with Gasteiger partial charge in [-0.3, -0.25) is 4.79 Å². The zero-order valence-corrected chi connectivity index (χ0v) is 10.9. The van der Waals surface area contributed by atoms with Crippen molar-refractivity contribution in [1.29, 1.82) is 5.26 Å². The van der Waals surface area contributed by atoms with E-state index in [1.165, 1.54) is 11.1 Å². The van der Waals surface area contributed by atoms with Crippen LogP contribution in [0.3, 0.4) is 0 Å². The van der Waals surface area contributed by atoms with Crippen LogP contribution in [0.15, 0.2) is 24.3 Å². The molecule has 1 aromatic rings. The lowest BCUT2D eigenvalue weighted by molar-refractivity contribution is -0.121. The van der Waals surface area contributed by atoms with Gasteiger partial charge in [0.05, 0.1) is 6.07 Å². The molecule has 1 aromatic carbocycles. The first-order valence-electron chi connectivity index (χ1n) is 6.42. The summed E-state index contributed by atoms with van der Waals surface area (Å²) >= 11 is 0. The van der Waals surface area contributed by atoms with Gasteiger partial charge in [0.1, 0.15) is 0 Å². The molecule has 0 fully saturated rings. The number of unbranched alkanes of at least 4 members (excludes halogenated alkanes) is 2. The second kappa shape index (κ2) is 8.30. The first-order chi connectivity index (χ1) is 8.74. The Hall–Kier alpha value is -1.82. The molecule has 1 amide bonds. The van der Waals surface area contributed by atoms with Crippen molar-refractivity contribution >= 4 is 5.91 Å². The lowest BCUT2D eigenvalue weighted by Gasteiger charge is -2.06. The zero-order chi connectivity index (χ0) is 13.2. The SMILES string of the molecule is Cc1ccccc1CCC(=O)NCCCCC#N. The molecule has 1 rings (SSSR count). The molecule has 0 aromatic heterocycles. The fraction of sp³-hybridized carbons (Fsp3) is 0.467. The Kier molecular flexibility index (Phi) is 6.56. The molecule has 0 bridgehead atoms. The van der Waals surface area contributed by atoms with E-state index in [0.717, 1.165) is 19.3 Å². The van der Waals surface area contributed by atoms with Crippen molar-refractivity contribution in [3.63, 3.8) is 0 Å². The smallest absolute Gasteiger partial charge is 0.220 e. The Labute approximate surface area is 109 Å². The van der Waals surface area contributed by atoms with Crippen LogP contribution in [0.4, 0.5) is 0 Å². The predicted octanol–water partition coefficient (Wildman–Crippen LogP) is 2.74. The fourth-order valence-corrected chi connectivity index (χ4v) is 1.78. The van der Waals surface area contributed by atoms with Crippen LogP contribution >= 0.6 is 0 Å². The Morgan fingerprint density at radius 2 is 2.11 bits per heavy atom. The van der Waals surface area contributed by atoms with E-state index in [1.807, 2.05) is 12.1 Å². The molecule has 0 heterocycles. The molecule has 1 N–H and O–H groups in total. The van der Waals surface area contributed by atoms with E-state index in [2.05, 4.69) is 30.4 Å². The molecule has 0 unspecified atom stereocenters. The second-order valence-corrected chi connectivity index (χ2v) is 4.39. The van der Waals surface area contributed by atoms with E-state index in [9.17, 15) is 4.79 Å². The van der Waals surface area contributed by atoms with Crippen molar-refractivity contribution in [2.45, 2.75) is 39.0 Å². The average Bonchev–Trinajstić information content (AvgIpc) is 2.37. The molecule has 0 aliphatic rings. The summed E-state index contributed by atoms with van der Waals surface area (Å²) in [4.78, 5) is 11.6. The average molecular weight is 244 g/mol. The number of aryl methyl sites for hydroxylation is 2. The van der Waals surface area contributed by atoms with Gasteiger partial charge < -0.3 is 5.32 Å². The number of nitrogens with one attached hydrogen (secondary N) is 1. The van der Waals surface area contributed by atoms with E-state index in [-0.39, 0.29) is 5.91 Å². The van der Waals surface area contributed by atoms with Gasteiger partial charge in [0, 0.05) is 19.4 Å². The van der Waals surface area contributed by atoms with Crippen molar-refractivity contribution in [2.75, 3.05) is 6.54 Å². The van der Waals surface area contributed by atoms with Crippen molar-refractivity contribution in [3.8, 4) is 6.07 Å². The maximum atomic E-state index is 11.6. The van der Waals surface area contributed by atoms with Crippen molar-refractivity contribution in [2.24, 2.45) is 0 Å². The summed E-state index contributed by atoms with van der Waals surface area (Å²) in [6.07, 6.45) is 3.62. The van der Waals surface area contributed by atoms with Crippen LogP contribution in [0.1, 0.15) is 36.8 Å². The molecule has 0 saturated heterocycles. The number of benzene rings is 1. The van der Waals surface area contributed by atoms with Crippen LogP contribution in [0.25, 0.3) is 0 Å². The summed E-state index contributed by atoms with van der Waals surface area (Å²) in [5.74, 6) is 0.0928. The summed E-state index contributed by atoms with van der Waals surface area (Å²) < 4.78 is 0. The maximum absolute atomic E-state index is 11.6. The molecule has 3 nitrogen and oxygen atoms in total. The highest BCUT2D eigenvalue weighted by molar-refractivity contribution is 5.76. The molecule has 0 aliphatic carbocycles. The second-order valence-electron chi connectivity index (χ2n) is 4.39. The van der Waals surface area contributed by atoms with Gasteiger partial charge >= 0.3 is 0 Å². The van der Waals surface area contributed by atoms with Gasteiger partial charge in [-0.25, -0.2) is 0 Å². The van der Waals surface area contributed by atoms with Crippen LogP contribution in [0.2, 0.25) is 0 Å². The van der Waals surface area contributed by atoms with Crippen LogP contribution in [0, 0.1) is 18.3 Å². The van der Waals surface area contributed by atoms with Gasteiger partial charge in [0.2, 0.25) is 5.91 Å². The summed E-state index contributed by atoms with van der Waals surface area (Å²) in [5, 5.41) is 11.3. The van der Waals surface area contributed by atoms with E-state index in [4.69, 9.17) is 5.26 Å². The first-order valence-corrected chi connectivity index (χ1v) is 6.42. The van der Waals surface area contributed by atoms with E-state index in [1.54, 1.807) is 0 Å². The van der Waals surface area contributed by atoms with Crippen LogP contribution in [0.5, 0.6) is 0 Å². The summed E-state index contributed by atoms with van der Waals surface area (Å²) in [6, 6.07) is 10.2. The molecule has 96 valence electrons. The highest BCUT2D eigenvalue weighted by atomic mass is 16.1. The minimum absolute atomic E-state index is 0.0928. The number of hydrogen-bond donors (Lipinski definition) is 1. The standard InChI is InChI=1S/C15H20N2O/c1-13-7-3-4-8-14(13)9-10-15(18)17-12-6-2-5-11-16/h3-4,7-8H,2,5-6,9-10,12H2,1H3,(H,17,18). The molecule has 3 heteroatoms.